The van der Waals surface area contributed by atoms with E-state index in [1.807, 2.05) is 67.6 Å². The zero-order chi connectivity index (χ0) is 22.5. The van der Waals surface area contributed by atoms with Gasteiger partial charge in [-0.3, -0.25) is 0 Å². The molecule has 2 aromatic heterocycles. The van der Waals surface area contributed by atoms with Crippen molar-refractivity contribution in [2.45, 2.75) is 25.8 Å². The van der Waals surface area contributed by atoms with Gasteiger partial charge < -0.3 is 14.8 Å². The summed E-state index contributed by atoms with van der Waals surface area (Å²) in [6.45, 7) is 1.82. The molecular formula is C25H22ClN3O3. The van der Waals surface area contributed by atoms with Crippen LogP contribution in [0.1, 0.15) is 22.8 Å². The van der Waals surface area contributed by atoms with Crippen molar-refractivity contribution >= 4 is 23.4 Å². The van der Waals surface area contributed by atoms with Crippen LogP contribution in [0.5, 0.6) is 0 Å². The van der Waals surface area contributed by atoms with Gasteiger partial charge in [-0.05, 0) is 30.7 Å². The van der Waals surface area contributed by atoms with E-state index in [-0.39, 0.29) is 6.42 Å². The van der Waals surface area contributed by atoms with Gasteiger partial charge in [0.2, 0.25) is 0 Å². The summed E-state index contributed by atoms with van der Waals surface area (Å²) in [7, 11) is 0. The van der Waals surface area contributed by atoms with E-state index in [9.17, 15) is 9.90 Å². The highest BCUT2D eigenvalue weighted by Crippen LogP contribution is 2.25. The normalized spacial score (nSPS) is 11.8. The monoisotopic (exact) mass is 447 g/mol. The van der Waals surface area contributed by atoms with Crippen molar-refractivity contribution in [3.05, 3.63) is 101 Å². The number of aryl methyl sites for hydroxylation is 1. The maximum absolute atomic E-state index is 12.0. The van der Waals surface area contributed by atoms with E-state index < -0.39 is 12.0 Å². The minimum Gasteiger partial charge on any atom is -0.480 e. The predicted molar refractivity (Wildman–Crippen MR) is 124 cm³/mol. The van der Waals surface area contributed by atoms with E-state index in [0.717, 1.165) is 16.9 Å². The van der Waals surface area contributed by atoms with Gasteiger partial charge in [0.15, 0.2) is 0 Å². The van der Waals surface area contributed by atoms with Crippen molar-refractivity contribution < 1.29 is 14.3 Å². The predicted octanol–water partition coefficient (Wildman–Crippen LogP) is 5.40. The molecule has 2 N–H and O–H groups in total. The quantitative estimate of drug-likeness (QED) is 0.376. The number of hydrogen-bond donors (Lipinski definition) is 2. The molecule has 162 valence electrons. The van der Waals surface area contributed by atoms with Crippen LogP contribution in [0.3, 0.4) is 0 Å². The van der Waals surface area contributed by atoms with E-state index >= 15 is 0 Å². The highest BCUT2D eigenvalue weighted by Gasteiger charge is 2.22. The molecule has 7 heteroatoms. The number of aromatic nitrogens is 2. The molecule has 0 radical (unpaired) electrons. The summed E-state index contributed by atoms with van der Waals surface area (Å²) >= 11 is 6.37. The molecule has 0 spiro atoms. The van der Waals surface area contributed by atoms with Crippen molar-refractivity contribution in [3.8, 4) is 11.3 Å². The van der Waals surface area contributed by atoms with Gasteiger partial charge in [0.1, 0.15) is 23.4 Å². The first kappa shape index (κ1) is 21.6. The van der Waals surface area contributed by atoms with E-state index in [1.54, 1.807) is 12.3 Å². The molecule has 2 aromatic carbocycles. The number of hydrogen-bond acceptors (Lipinski definition) is 5. The van der Waals surface area contributed by atoms with E-state index in [1.165, 1.54) is 0 Å². The number of carboxylic acid groups (broad SMARTS) is 1. The molecule has 4 rings (SSSR count). The molecule has 2 heterocycles. The minimum atomic E-state index is -1.00. The fraction of sp³-hybridized carbons (Fsp3) is 0.160. The second kappa shape index (κ2) is 9.66. The van der Waals surface area contributed by atoms with Gasteiger partial charge in [-0.15, -0.1) is 0 Å². The van der Waals surface area contributed by atoms with Gasteiger partial charge >= 0.3 is 5.97 Å². The Bertz CT molecular complexity index is 1220. The van der Waals surface area contributed by atoms with Gasteiger partial charge in [-0.25, -0.2) is 14.8 Å². The Kier molecular flexibility index (Phi) is 6.52. The first-order valence-corrected chi connectivity index (χ1v) is 10.6. The summed E-state index contributed by atoms with van der Waals surface area (Å²) in [5.74, 6) is 0.719. The van der Waals surface area contributed by atoms with Crippen molar-refractivity contribution in [2.24, 2.45) is 0 Å². The van der Waals surface area contributed by atoms with Crippen LogP contribution in [0.15, 0.2) is 77.3 Å². The molecule has 0 fully saturated rings. The van der Waals surface area contributed by atoms with Crippen molar-refractivity contribution in [2.75, 3.05) is 5.32 Å². The van der Waals surface area contributed by atoms with Crippen LogP contribution in [0, 0.1) is 6.92 Å². The fourth-order valence-corrected chi connectivity index (χ4v) is 3.61. The maximum Gasteiger partial charge on any atom is 0.326 e. The standard InChI is InChI=1S/C25H22ClN3O3/c1-16-11-12-19(32-16)14-22(25(30)31)29-24-21(13-18-9-5-6-10-20(18)26)28-23(15-27-24)17-7-3-2-4-8-17/h2-12,15,22H,13-14H2,1H3,(H,27,29)(H,30,31). The van der Waals surface area contributed by atoms with E-state index in [4.69, 9.17) is 21.0 Å². The van der Waals surface area contributed by atoms with Crippen LogP contribution < -0.4 is 5.32 Å². The third-order valence-electron chi connectivity index (χ3n) is 5.04. The third kappa shape index (κ3) is 5.15. The molecular weight excluding hydrogens is 426 g/mol. The van der Waals surface area contributed by atoms with Crippen molar-refractivity contribution in [1.29, 1.82) is 0 Å². The zero-order valence-electron chi connectivity index (χ0n) is 17.5. The molecule has 1 unspecified atom stereocenters. The number of benzene rings is 2. The third-order valence-corrected chi connectivity index (χ3v) is 5.41. The van der Waals surface area contributed by atoms with E-state index in [2.05, 4.69) is 10.3 Å². The topological polar surface area (TPSA) is 88.2 Å². The summed E-state index contributed by atoms with van der Waals surface area (Å²) in [6.07, 6.45) is 2.22. The molecule has 0 bridgehead atoms. The fourth-order valence-electron chi connectivity index (χ4n) is 3.40. The second-order valence-electron chi connectivity index (χ2n) is 7.44. The Morgan fingerprint density at radius 3 is 2.53 bits per heavy atom. The van der Waals surface area contributed by atoms with Crippen LogP contribution in [0.25, 0.3) is 11.3 Å². The van der Waals surface area contributed by atoms with Gasteiger partial charge in [0, 0.05) is 23.4 Å². The van der Waals surface area contributed by atoms with Crippen LogP contribution in [0.4, 0.5) is 5.82 Å². The Hall–Kier alpha value is -3.64. The van der Waals surface area contributed by atoms with Gasteiger partial charge in [0.05, 0.1) is 17.6 Å². The van der Waals surface area contributed by atoms with Gasteiger partial charge in [0.25, 0.3) is 0 Å². The first-order valence-electron chi connectivity index (χ1n) is 10.2. The highest BCUT2D eigenvalue weighted by molar-refractivity contribution is 6.31. The maximum atomic E-state index is 12.0. The first-order chi connectivity index (χ1) is 15.5. The number of halogens is 1. The highest BCUT2D eigenvalue weighted by atomic mass is 35.5. The summed E-state index contributed by atoms with van der Waals surface area (Å²) < 4.78 is 5.56. The average molecular weight is 448 g/mol. The summed E-state index contributed by atoms with van der Waals surface area (Å²) in [6, 6.07) is 19.9. The van der Waals surface area contributed by atoms with Crippen molar-refractivity contribution in [3.63, 3.8) is 0 Å². The lowest BCUT2D eigenvalue weighted by molar-refractivity contribution is -0.138. The molecule has 0 saturated carbocycles. The van der Waals surface area contributed by atoms with Crippen molar-refractivity contribution in [1.82, 2.24) is 9.97 Å². The largest absolute Gasteiger partial charge is 0.480 e. The summed E-state index contributed by atoms with van der Waals surface area (Å²) in [5, 5.41) is 13.5. The molecule has 0 aliphatic carbocycles. The Balaban J connectivity index is 1.69. The Morgan fingerprint density at radius 2 is 1.84 bits per heavy atom. The number of nitrogens with one attached hydrogen (secondary N) is 1. The minimum absolute atomic E-state index is 0.177. The number of rotatable bonds is 8. The lowest BCUT2D eigenvalue weighted by Gasteiger charge is -2.17. The average Bonchev–Trinajstić information content (AvgIpc) is 3.21. The van der Waals surface area contributed by atoms with Gasteiger partial charge in [-0.1, -0.05) is 60.1 Å². The van der Waals surface area contributed by atoms with Gasteiger partial charge in [-0.2, -0.15) is 0 Å². The zero-order valence-corrected chi connectivity index (χ0v) is 18.2. The molecule has 1 atom stereocenters. The smallest absolute Gasteiger partial charge is 0.326 e. The molecule has 6 nitrogen and oxygen atoms in total. The number of carbonyl (C=O) groups is 1. The summed E-state index contributed by atoms with van der Waals surface area (Å²) in [5.41, 5.74) is 3.12. The number of nitrogens with zero attached hydrogens (tertiary/aromatic N) is 2. The lowest BCUT2D eigenvalue weighted by Crippen LogP contribution is -2.32. The number of carboxylic acids is 1. The number of aliphatic carboxylic acids is 1. The summed E-state index contributed by atoms with van der Waals surface area (Å²) in [4.78, 5) is 21.3. The van der Waals surface area contributed by atoms with Crippen LogP contribution in [0.2, 0.25) is 5.02 Å². The lowest BCUT2D eigenvalue weighted by atomic mass is 10.1. The Labute approximate surface area is 190 Å². The Morgan fingerprint density at radius 1 is 1.09 bits per heavy atom. The van der Waals surface area contributed by atoms with Crippen LogP contribution >= 0.6 is 11.6 Å². The van der Waals surface area contributed by atoms with E-state index in [0.29, 0.717) is 34.4 Å². The molecule has 0 amide bonds. The van der Waals surface area contributed by atoms with Crippen LogP contribution in [-0.2, 0) is 17.6 Å². The van der Waals surface area contributed by atoms with Crippen LogP contribution in [-0.4, -0.2) is 27.1 Å². The molecule has 32 heavy (non-hydrogen) atoms. The molecule has 0 saturated heterocycles. The molecule has 0 aliphatic heterocycles. The number of furan rings is 1. The molecule has 0 aliphatic rings. The number of anilines is 1. The SMILES string of the molecule is Cc1ccc(CC(Nc2ncc(-c3ccccc3)nc2Cc2ccccc2Cl)C(=O)O)o1. The molecule has 4 aromatic rings. The second-order valence-corrected chi connectivity index (χ2v) is 7.84.